The van der Waals surface area contributed by atoms with Crippen LogP contribution >= 0.6 is 0 Å². The summed E-state index contributed by atoms with van der Waals surface area (Å²) >= 11 is 0. The first-order valence-electron chi connectivity index (χ1n) is 5.61. The number of anilines is 1. The second-order valence-corrected chi connectivity index (χ2v) is 4.02. The zero-order chi connectivity index (χ0) is 16.2. The van der Waals surface area contributed by atoms with Gasteiger partial charge in [-0.3, -0.25) is 5.32 Å². The van der Waals surface area contributed by atoms with Crippen molar-refractivity contribution in [2.24, 2.45) is 0 Å². The van der Waals surface area contributed by atoms with E-state index in [-0.39, 0.29) is 5.57 Å². The minimum Gasteiger partial charge on any atom is -0.466 e. The number of nitrogens with one attached hydrogen (secondary N) is 1. The average molecular weight is 303 g/mol. The van der Waals surface area contributed by atoms with Crippen molar-refractivity contribution in [2.75, 3.05) is 12.4 Å². The third kappa shape index (κ3) is 4.23. The molecule has 1 aromatic rings. The summed E-state index contributed by atoms with van der Waals surface area (Å²) in [6, 6.07) is 0.768. The van der Waals surface area contributed by atoms with Gasteiger partial charge in [-0.25, -0.2) is 22.8 Å². The molecule has 8 heteroatoms. The van der Waals surface area contributed by atoms with Crippen molar-refractivity contribution < 1.29 is 32.2 Å². The highest BCUT2D eigenvalue weighted by atomic mass is 19.1. The first-order valence-corrected chi connectivity index (χ1v) is 5.61. The Hall–Kier alpha value is -2.51. The van der Waals surface area contributed by atoms with Crippen LogP contribution in [0, 0.1) is 17.5 Å². The Bertz CT molecular complexity index is 566. The van der Waals surface area contributed by atoms with Gasteiger partial charge in [0.15, 0.2) is 11.6 Å². The molecule has 0 radical (unpaired) electrons. The van der Waals surface area contributed by atoms with Gasteiger partial charge < -0.3 is 9.47 Å². The third-order valence-corrected chi connectivity index (χ3v) is 2.32. The monoisotopic (exact) mass is 303 g/mol. The third-order valence-electron chi connectivity index (χ3n) is 2.32. The first kappa shape index (κ1) is 16.5. The number of benzene rings is 1. The number of methoxy groups -OCH3 is 1. The second-order valence-electron chi connectivity index (χ2n) is 4.02. The Balaban J connectivity index is 2.87. The van der Waals surface area contributed by atoms with E-state index in [1.54, 1.807) is 5.32 Å². The van der Waals surface area contributed by atoms with E-state index in [4.69, 9.17) is 0 Å². The summed E-state index contributed by atoms with van der Waals surface area (Å²) < 4.78 is 48.4. The zero-order valence-corrected chi connectivity index (χ0v) is 11.2. The molecule has 0 bridgehead atoms. The summed E-state index contributed by atoms with van der Waals surface area (Å²) in [6.07, 6.45) is -2.75. The summed E-state index contributed by atoms with van der Waals surface area (Å²) in [7, 11) is 1.07. The normalized spacial score (nSPS) is 11.5. The number of amides is 1. The number of rotatable bonds is 4. The standard InChI is InChI=1S/C13H12F3NO4/c1-6(2)11(12(18)20-3)21-13(19)17-10-8(15)4-7(14)5-9(10)16/h4-5,11H,1H2,2-3H3,(H,17,19). The van der Waals surface area contributed by atoms with Gasteiger partial charge in [0.1, 0.15) is 11.5 Å². The molecule has 5 nitrogen and oxygen atoms in total. The molecule has 1 amide bonds. The number of ether oxygens (including phenoxy) is 2. The van der Waals surface area contributed by atoms with Crippen LogP contribution in [0.15, 0.2) is 24.3 Å². The van der Waals surface area contributed by atoms with Crippen molar-refractivity contribution in [2.45, 2.75) is 13.0 Å². The van der Waals surface area contributed by atoms with Crippen LogP contribution in [-0.4, -0.2) is 25.3 Å². The Morgan fingerprint density at radius 1 is 1.24 bits per heavy atom. The quantitative estimate of drug-likeness (QED) is 0.686. The van der Waals surface area contributed by atoms with Gasteiger partial charge in [0.05, 0.1) is 7.11 Å². The number of carbonyl (C=O) groups is 2. The molecule has 0 fully saturated rings. The Morgan fingerprint density at radius 3 is 2.19 bits per heavy atom. The number of esters is 1. The highest BCUT2D eigenvalue weighted by Crippen LogP contribution is 2.20. The van der Waals surface area contributed by atoms with E-state index in [0.29, 0.717) is 12.1 Å². The van der Waals surface area contributed by atoms with Crippen LogP contribution in [0.3, 0.4) is 0 Å². The molecule has 21 heavy (non-hydrogen) atoms. The molecular formula is C13H12F3NO4. The molecule has 114 valence electrons. The van der Waals surface area contributed by atoms with Crippen LogP contribution < -0.4 is 5.32 Å². The predicted molar refractivity (Wildman–Crippen MR) is 67.0 cm³/mol. The molecule has 1 atom stereocenters. The van der Waals surface area contributed by atoms with Crippen LogP contribution in [0.5, 0.6) is 0 Å². The fourth-order valence-electron chi connectivity index (χ4n) is 1.36. The van der Waals surface area contributed by atoms with Crippen LogP contribution in [-0.2, 0) is 14.3 Å². The smallest absolute Gasteiger partial charge is 0.412 e. The van der Waals surface area contributed by atoms with E-state index < -0.39 is 41.3 Å². The van der Waals surface area contributed by atoms with Gasteiger partial charge in [-0.1, -0.05) is 6.58 Å². The summed E-state index contributed by atoms with van der Waals surface area (Å²) in [5, 5.41) is 1.74. The van der Waals surface area contributed by atoms with Crippen LogP contribution in [0.4, 0.5) is 23.7 Å². The average Bonchev–Trinajstić information content (AvgIpc) is 2.39. The largest absolute Gasteiger partial charge is 0.466 e. The van der Waals surface area contributed by atoms with Crippen molar-refractivity contribution in [3.05, 3.63) is 41.7 Å². The molecule has 1 unspecified atom stereocenters. The minimum atomic E-state index is -1.43. The molecule has 0 aliphatic rings. The van der Waals surface area contributed by atoms with Crippen molar-refractivity contribution in [3.63, 3.8) is 0 Å². The molecular weight excluding hydrogens is 291 g/mol. The Kier molecular flexibility index (Phi) is 5.34. The molecule has 0 saturated heterocycles. The molecule has 0 aliphatic heterocycles. The van der Waals surface area contributed by atoms with Crippen molar-refractivity contribution in [3.8, 4) is 0 Å². The summed E-state index contributed by atoms with van der Waals surface area (Å²) in [6.45, 7) is 4.82. The lowest BCUT2D eigenvalue weighted by molar-refractivity contribution is -0.148. The first-order chi connectivity index (χ1) is 9.76. The summed E-state index contributed by atoms with van der Waals surface area (Å²) in [5.74, 6) is -4.69. The molecule has 0 saturated carbocycles. The second kappa shape index (κ2) is 6.78. The van der Waals surface area contributed by atoms with Crippen LogP contribution in [0.1, 0.15) is 6.92 Å². The van der Waals surface area contributed by atoms with Gasteiger partial charge in [0.25, 0.3) is 0 Å². The van der Waals surface area contributed by atoms with E-state index in [2.05, 4.69) is 16.1 Å². The topological polar surface area (TPSA) is 64.6 Å². The number of hydrogen-bond acceptors (Lipinski definition) is 4. The van der Waals surface area contributed by atoms with Crippen LogP contribution in [0.25, 0.3) is 0 Å². The van der Waals surface area contributed by atoms with E-state index >= 15 is 0 Å². The van der Waals surface area contributed by atoms with E-state index in [1.165, 1.54) is 6.92 Å². The Morgan fingerprint density at radius 2 is 1.76 bits per heavy atom. The molecule has 0 heterocycles. The van der Waals surface area contributed by atoms with Gasteiger partial charge in [0.2, 0.25) is 6.10 Å². The van der Waals surface area contributed by atoms with Gasteiger partial charge in [-0.05, 0) is 12.5 Å². The molecule has 1 aromatic carbocycles. The highest BCUT2D eigenvalue weighted by Gasteiger charge is 2.25. The van der Waals surface area contributed by atoms with Crippen molar-refractivity contribution >= 4 is 17.7 Å². The number of hydrogen-bond donors (Lipinski definition) is 1. The van der Waals surface area contributed by atoms with Gasteiger partial charge in [-0.15, -0.1) is 0 Å². The van der Waals surface area contributed by atoms with Crippen molar-refractivity contribution in [1.82, 2.24) is 0 Å². The van der Waals surface area contributed by atoms with Crippen molar-refractivity contribution in [1.29, 1.82) is 0 Å². The lowest BCUT2D eigenvalue weighted by Gasteiger charge is -2.16. The molecule has 0 aliphatic carbocycles. The highest BCUT2D eigenvalue weighted by molar-refractivity contribution is 5.88. The zero-order valence-electron chi connectivity index (χ0n) is 11.2. The summed E-state index contributed by atoms with van der Waals surface area (Å²) in [5.41, 5.74) is -0.746. The van der Waals surface area contributed by atoms with Crippen LogP contribution in [0.2, 0.25) is 0 Å². The maximum atomic E-state index is 13.3. The molecule has 1 N–H and O–H groups in total. The van der Waals surface area contributed by atoms with Gasteiger partial charge >= 0.3 is 12.1 Å². The van der Waals surface area contributed by atoms with E-state index in [9.17, 15) is 22.8 Å². The maximum absolute atomic E-state index is 13.3. The SMILES string of the molecule is C=C(C)C(OC(=O)Nc1c(F)cc(F)cc1F)C(=O)OC. The van der Waals surface area contributed by atoms with Gasteiger partial charge in [0, 0.05) is 12.1 Å². The summed E-state index contributed by atoms with van der Waals surface area (Å²) in [4.78, 5) is 22.9. The molecule has 1 rings (SSSR count). The minimum absolute atomic E-state index is 0.150. The lowest BCUT2D eigenvalue weighted by Crippen LogP contribution is -2.31. The van der Waals surface area contributed by atoms with Gasteiger partial charge in [-0.2, -0.15) is 0 Å². The fourth-order valence-corrected chi connectivity index (χ4v) is 1.36. The number of carbonyl (C=O) groups excluding carboxylic acids is 2. The Labute approximate surface area is 118 Å². The lowest BCUT2D eigenvalue weighted by atomic mass is 10.2. The fraction of sp³-hybridized carbons (Fsp3) is 0.231. The van der Waals surface area contributed by atoms with E-state index in [0.717, 1.165) is 7.11 Å². The predicted octanol–water partition coefficient (Wildman–Crippen LogP) is 2.77. The molecule has 0 aromatic heterocycles. The number of halogens is 3. The maximum Gasteiger partial charge on any atom is 0.412 e. The molecule has 0 spiro atoms. The van der Waals surface area contributed by atoms with E-state index in [1.807, 2.05) is 0 Å².